The maximum Gasteiger partial charge on any atom is 0.302 e. The Balaban J connectivity index is 1.69. The fourth-order valence-corrected chi connectivity index (χ4v) is 4.04. The fourth-order valence-electron chi connectivity index (χ4n) is 4.04. The minimum Gasteiger partial charge on any atom is -0.507 e. The molecule has 4 aromatic rings. The molecule has 8 nitrogen and oxygen atoms in total. The number of aromatic amines is 1. The van der Waals surface area contributed by atoms with Crippen molar-refractivity contribution in [2.45, 2.75) is 19.9 Å². The number of methoxy groups -OCH3 is 1. The predicted molar refractivity (Wildman–Crippen MR) is 122 cm³/mol. The number of rotatable bonds is 4. The lowest BCUT2D eigenvalue weighted by atomic mass is 9.99. The van der Waals surface area contributed by atoms with E-state index in [0.29, 0.717) is 22.6 Å². The van der Waals surface area contributed by atoms with Crippen molar-refractivity contribution < 1.29 is 23.8 Å². The predicted octanol–water partition coefficient (Wildman–Crippen LogP) is 4.41. The Morgan fingerprint density at radius 1 is 1.12 bits per heavy atom. The van der Waals surface area contributed by atoms with Crippen LogP contribution in [-0.4, -0.2) is 33.9 Å². The summed E-state index contributed by atoms with van der Waals surface area (Å²) in [6.45, 7) is 3.96. The van der Waals surface area contributed by atoms with Crippen molar-refractivity contribution in [2.75, 3.05) is 12.0 Å². The average molecular weight is 443 g/mol. The molecule has 0 saturated carbocycles. The maximum atomic E-state index is 13.2. The van der Waals surface area contributed by atoms with Gasteiger partial charge in [0, 0.05) is 5.56 Å². The Morgan fingerprint density at radius 2 is 1.85 bits per heavy atom. The third-order valence-electron chi connectivity index (χ3n) is 5.93. The van der Waals surface area contributed by atoms with Gasteiger partial charge in [0.2, 0.25) is 5.95 Å². The number of ether oxygens (including phenoxy) is 1. The smallest absolute Gasteiger partial charge is 0.302 e. The van der Waals surface area contributed by atoms with Gasteiger partial charge in [-0.05, 0) is 73.5 Å². The number of anilines is 1. The summed E-state index contributed by atoms with van der Waals surface area (Å²) >= 11 is 0. The van der Waals surface area contributed by atoms with Crippen LogP contribution in [0.15, 0.2) is 64.8 Å². The summed E-state index contributed by atoms with van der Waals surface area (Å²) < 4.78 is 10.7. The summed E-state index contributed by atoms with van der Waals surface area (Å²) in [7, 11) is 1.54. The van der Waals surface area contributed by atoms with E-state index in [1.54, 1.807) is 36.4 Å². The molecule has 1 atom stereocenters. The van der Waals surface area contributed by atoms with Gasteiger partial charge in [0.15, 0.2) is 0 Å². The number of Topliss-reactive ketones (excluding diaryl/α,β-unsaturated/α-hetero) is 1. The molecule has 5 rings (SSSR count). The third kappa shape index (κ3) is 3.27. The Bertz CT molecular complexity index is 1380. The first-order chi connectivity index (χ1) is 15.9. The molecule has 33 heavy (non-hydrogen) atoms. The average Bonchev–Trinajstić information content (AvgIpc) is 3.53. The Morgan fingerprint density at radius 3 is 2.52 bits per heavy atom. The van der Waals surface area contributed by atoms with Gasteiger partial charge in [-0.15, -0.1) is 0 Å². The Labute approximate surface area is 189 Å². The van der Waals surface area contributed by atoms with Crippen LogP contribution in [0.3, 0.4) is 0 Å². The zero-order valence-corrected chi connectivity index (χ0v) is 18.2. The highest BCUT2D eigenvalue weighted by molar-refractivity contribution is 6.51. The van der Waals surface area contributed by atoms with Crippen LogP contribution < -0.4 is 9.64 Å². The van der Waals surface area contributed by atoms with Crippen molar-refractivity contribution in [1.82, 2.24) is 9.97 Å². The number of carbonyl (C=O) groups excluding carboxylic acids is 2. The van der Waals surface area contributed by atoms with Crippen molar-refractivity contribution in [2.24, 2.45) is 0 Å². The number of nitrogens with one attached hydrogen (secondary N) is 1. The first-order valence-electron chi connectivity index (χ1n) is 10.3. The largest absolute Gasteiger partial charge is 0.507 e. The molecule has 1 aliphatic rings. The normalized spacial score (nSPS) is 17.8. The summed E-state index contributed by atoms with van der Waals surface area (Å²) in [6, 6.07) is 12.8. The summed E-state index contributed by atoms with van der Waals surface area (Å²) in [5.74, 6) is -0.800. The Hall–Kier alpha value is -4.33. The number of aromatic nitrogens is 2. The van der Waals surface area contributed by atoms with E-state index >= 15 is 0 Å². The van der Waals surface area contributed by atoms with Crippen molar-refractivity contribution in [3.63, 3.8) is 0 Å². The van der Waals surface area contributed by atoms with Gasteiger partial charge in [-0.25, -0.2) is 4.98 Å². The molecule has 2 N–H and O–H groups in total. The minimum atomic E-state index is -0.982. The molecular formula is C25H21N3O5. The van der Waals surface area contributed by atoms with E-state index in [0.717, 1.165) is 16.6 Å². The second-order valence-corrected chi connectivity index (χ2v) is 7.93. The van der Waals surface area contributed by atoms with Crippen LogP contribution in [0.25, 0.3) is 16.8 Å². The number of amides is 1. The van der Waals surface area contributed by atoms with Gasteiger partial charge in [0.25, 0.3) is 5.78 Å². The van der Waals surface area contributed by atoms with Gasteiger partial charge in [-0.3, -0.25) is 14.5 Å². The number of ketones is 1. The second-order valence-electron chi connectivity index (χ2n) is 7.93. The molecular weight excluding hydrogens is 422 g/mol. The highest BCUT2D eigenvalue weighted by Gasteiger charge is 2.49. The number of aliphatic hydroxyl groups excluding tert-OH is 1. The highest BCUT2D eigenvalue weighted by atomic mass is 16.5. The molecule has 0 bridgehead atoms. The number of furan rings is 1. The molecule has 1 saturated heterocycles. The first kappa shape index (κ1) is 20.6. The number of aliphatic hydroxyl groups is 1. The van der Waals surface area contributed by atoms with Crippen molar-refractivity contribution in [3.8, 4) is 5.75 Å². The quantitative estimate of drug-likeness (QED) is 0.275. The zero-order valence-electron chi connectivity index (χ0n) is 18.2. The molecule has 0 aliphatic carbocycles. The van der Waals surface area contributed by atoms with Crippen LogP contribution in [0.1, 0.15) is 28.5 Å². The molecule has 1 amide bonds. The minimum absolute atomic E-state index is 0.0760. The lowest BCUT2D eigenvalue weighted by molar-refractivity contribution is -0.132. The monoisotopic (exact) mass is 443 g/mol. The van der Waals surface area contributed by atoms with E-state index < -0.39 is 17.7 Å². The van der Waals surface area contributed by atoms with E-state index in [4.69, 9.17) is 9.15 Å². The number of benzene rings is 2. The van der Waals surface area contributed by atoms with Gasteiger partial charge in [0.1, 0.15) is 23.3 Å². The highest BCUT2D eigenvalue weighted by Crippen LogP contribution is 2.42. The van der Waals surface area contributed by atoms with E-state index in [1.807, 2.05) is 26.0 Å². The van der Waals surface area contributed by atoms with E-state index in [2.05, 4.69) is 9.97 Å². The first-order valence-corrected chi connectivity index (χ1v) is 10.3. The van der Waals surface area contributed by atoms with Crippen molar-refractivity contribution in [1.29, 1.82) is 0 Å². The maximum absolute atomic E-state index is 13.2. The van der Waals surface area contributed by atoms with Gasteiger partial charge in [-0.1, -0.05) is 0 Å². The Kier molecular flexibility index (Phi) is 4.78. The standard InChI is InChI=1S/C25H21N3O5/c1-13-11-17-18(12-14(13)2)27-25(26-17)28-21(19-5-4-10-33-19)20(23(30)24(28)31)22(29)15-6-8-16(32-3)9-7-15/h4-12,21,29H,1-3H3,(H,26,27)/b22-20+. The molecule has 1 unspecified atom stereocenters. The molecule has 3 heterocycles. The number of hydrogen-bond acceptors (Lipinski definition) is 6. The zero-order chi connectivity index (χ0) is 23.3. The van der Waals surface area contributed by atoms with Crippen LogP contribution in [0.2, 0.25) is 0 Å². The number of aryl methyl sites for hydroxylation is 2. The number of nitrogens with zero attached hydrogens (tertiary/aromatic N) is 2. The molecule has 8 heteroatoms. The molecule has 1 fully saturated rings. The van der Waals surface area contributed by atoms with Crippen LogP contribution in [-0.2, 0) is 9.59 Å². The molecule has 166 valence electrons. The third-order valence-corrected chi connectivity index (χ3v) is 5.93. The molecule has 2 aromatic heterocycles. The lowest BCUT2D eigenvalue weighted by Gasteiger charge is -2.20. The van der Waals surface area contributed by atoms with Crippen LogP contribution in [0.5, 0.6) is 5.75 Å². The van der Waals surface area contributed by atoms with E-state index in [1.165, 1.54) is 18.3 Å². The molecule has 1 aliphatic heterocycles. The number of hydrogen-bond donors (Lipinski definition) is 2. The lowest BCUT2D eigenvalue weighted by Crippen LogP contribution is -2.30. The van der Waals surface area contributed by atoms with Crippen molar-refractivity contribution in [3.05, 3.63) is 82.8 Å². The second kappa shape index (κ2) is 7.67. The SMILES string of the molecule is COc1ccc(/C(O)=C2\C(=O)C(=O)N(c3nc4cc(C)c(C)cc4[nH]3)C2c2ccco2)cc1. The fraction of sp³-hybridized carbons (Fsp3) is 0.160. The van der Waals surface area contributed by atoms with Crippen LogP contribution >= 0.6 is 0 Å². The summed E-state index contributed by atoms with van der Waals surface area (Å²) in [5.41, 5.74) is 3.84. The molecule has 0 spiro atoms. The van der Waals surface area contributed by atoms with E-state index in [9.17, 15) is 14.7 Å². The van der Waals surface area contributed by atoms with Gasteiger partial charge >= 0.3 is 5.91 Å². The molecule has 2 aromatic carbocycles. The van der Waals surface area contributed by atoms with Gasteiger partial charge in [0.05, 0.1) is 30.0 Å². The topological polar surface area (TPSA) is 109 Å². The summed E-state index contributed by atoms with van der Waals surface area (Å²) in [5, 5.41) is 11.1. The van der Waals surface area contributed by atoms with Gasteiger partial charge < -0.3 is 19.2 Å². The van der Waals surface area contributed by atoms with Crippen LogP contribution in [0, 0.1) is 13.8 Å². The summed E-state index contributed by atoms with van der Waals surface area (Å²) in [4.78, 5) is 35.3. The number of fused-ring (bicyclic) bond motifs is 1. The molecule has 0 radical (unpaired) electrons. The van der Waals surface area contributed by atoms with Gasteiger partial charge in [-0.2, -0.15) is 0 Å². The van der Waals surface area contributed by atoms with Crippen molar-refractivity contribution >= 4 is 34.4 Å². The number of H-pyrrole nitrogens is 1. The number of imidazole rings is 1. The summed E-state index contributed by atoms with van der Waals surface area (Å²) in [6.07, 6.45) is 1.45. The number of carbonyl (C=O) groups is 2. The van der Waals surface area contributed by atoms with Crippen LogP contribution in [0.4, 0.5) is 5.95 Å². The van der Waals surface area contributed by atoms with E-state index in [-0.39, 0.29) is 17.3 Å².